The first-order valence-electron chi connectivity index (χ1n) is 12.0. The van der Waals surface area contributed by atoms with Crippen molar-refractivity contribution in [3.05, 3.63) is 65.1 Å². The Bertz CT molecular complexity index is 1070. The van der Waals surface area contributed by atoms with E-state index in [9.17, 15) is 5.11 Å². The number of halogens is 2. The van der Waals surface area contributed by atoms with Crippen molar-refractivity contribution < 1.29 is 14.2 Å². The minimum Gasteiger partial charge on any atom is -0.497 e. The number of rotatable bonds is 10. The first kappa shape index (κ1) is 24.8. The zero-order chi connectivity index (χ0) is 24.0. The second-order valence-corrected chi connectivity index (χ2v) is 9.78. The number of ether oxygens (including phenoxy) is 1. The van der Waals surface area contributed by atoms with Gasteiger partial charge in [0.1, 0.15) is 11.9 Å². The number of aryl methyl sites for hydroxylation is 1. The van der Waals surface area contributed by atoms with E-state index in [0.29, 0.717) is 40.1 Å². The van der Waals surface area contributed by atoms with Crippen LogP contribution >= 0.6 is 11.6 Å². The van der Waals surface area contributed by atoms with Gasteiger partial charge in [-0.05, 0) is 93.4 Å². The molecule has 3 aromatic rings. The van der Waals surface area contributed by atoms with Gasteiger partial charge in [-0.3, -0.25) is 9.97 Å². The maximum absolute atomic E-state index is 15.6. The fourth-order valence-electron chi connectivity index (χ4n) is 4.98. The van der Waals surface area contributed by atoms with Crippen molar-refractivity contribution in [1.82, 2.24) is 14.9 Å². The van der Waals surface area contributed by atoms with Crippen LogP contribution < -0.4 is 4.74 Å². The van der Waals surface area contributed by atoms with Crippen molar-refractivity contribution in [2.75, 3.05) is 33.4 Å². The van der Waals surface area contributed by atoms with E-state index in [-0.39, 0.29) is 12.0 Å². The predicted molar refractivity (Wildman–Crippen MR) is 134 cm³/mol. The van der Waals surface area contributed by atoms with E-state index in [1.165, 1.54) is 11.8 Å². The molecule has 1 aliphatic rings. The van der Waals surface area contributed by atoms with Crippen LogP contribution in [0.1, 0.15) is 49.4 Å². The van der Waals surface area contributed by atoms with E-state index in [1.54, 1.807) is 19.4 Å². The highest BCUT2D eigenvalue weighted by Crippen LogP contribution is 2.41. The molecule has 0 amide bonds. The van der Waals surface area contributed by atoms with Crippen molar-refractivity contribution in [2.24, 2.45) is 5.41 Å². The van der Waals surface area contributed by atoms with Crippen LogP contribution in [0.4, 0.5) is 4.39 Å². The van der Waals surface area contributed by atoms with Gasteiger partial charge in [-0.2, -0.15) is 0 Å². The van der Waals surface area contributed by atoms with Gasteiger partial charge in [0.05, 0.1) is 17.6 Å². The lowest BCUT2D eigenvalue weighted by molar-refractivity contribution is 0.0300. The van der Waals surface area contributed by atoms with Crippen molar-refractivity contribution >= 4 is 22.5 Å². The smallest absolute Gasteiger partial charge is 0.127 e. The quantitative estimate of drug-likeness (QED) is 0.394. The van der Waals surface area contributed by atoms with E-state index in [1.807, 2.05) is 24.4 Å². The summed E-state index contributed by atoms with van der Waals surface area (Å²) in [6.45, 7) is 2.98. The van der Waals surface area contributed by atoms with Crippen LogP contribution in [0.3, 0.4) is 0 Å². The number of alkyl halides is 1. The van der Waals surface area contributed by atoms with Crippen LogP contribution in [-0.2, 0) is 6.42 Å². The summed E-state index contributed by atoms with van der Waals surface area (Å²) in [6.07, 6.45) is 8.81. The molecule has 5 nitrogen and oxygen atoms in total. The Morgan fingerprint density at radius 2 is 2.06 bits per heavy atom. The Kier molecular flexibility index (Phi) is 8.35. The molecular weight excluding hydrogens is 453 g/mol. The summed E-state index contributed by atoms with van der Waals surface area (Å²) in [5, 5.41) is 11.2. The lowest BCUT2D eigenvalue weighted by Crippen LogP contribution is -2.42. The van der Waals surface area contributed by atoms with Crippen molar-refractivity contribution in [3.63, 3.8) is 0 Å². The molecule has 1 atom stereocenters. The minimum atomic E-state index is -1.23. The molecule has 2 aromatic heterocycles. The molecule has 34 heavy (non-hydrogen) atoms. The second kappa shape index (κ2) is 11.4. The molecule has 0 saturated carbocycles. The second-order valence-electron chi connectivity index (χ2n) is 9.37. The van der Waals surface area contributed by atoms with Crippen LogP contribution in [0.25, 0.3) is 10.9 Å². The Labute approximate surface area is 205 Å². The maximum Gasteiger partial charge on any atom is 0.127 e. The molecule has 0 aliphatic carbocycles. The molecule has 1 aliphatic heterocycles. The molecule has 182 valence electrons. The summed E-state index contributed by atoms with van der Waals surface area (Å²) in [5.74, 6) is 0.646. The molecule has 1 saturated heterocycles. The molecule has 0 spiro atoms. The molecule has 0 radical (unpaired) electrons. The lowest BCUT2D eigenvalue weighted by atomic mass is 9.74. The number of aliphatic hydroxyl groups is 1. The number of fused-ring (bicyclic) bond motifs is 1. The molecular formula is C27H33ClFN3O2. The Hall–Kier alpha value is -2.28. The van der Waals surface area contributed by atoms with Crippen LogP contribution in [0.15, 0.2) is 48.9 Å². The molecule has 7 heteroatoms. The first-order valence-corrected chi connectivity index (χ1v) is 12.4. The number of aromatic nitrogens is 2. The van der Waals surface area contributed by atoms with E-state index in [4.69, 9.17) is 16.3 Å². The molecule has 0 bridgehead atoms. The monoisotopic (exact) mass is 485 g/mol. The number of piperidine rings is 1. The van der Waals surface area contributed by atoms with Crippen molar-refractivity contribution in [1.29, 1.82) is 0 Å². The summed E-state index contributed by atoms with van der Waals surface area (Å²) in [6, 6.07) is 9.51. The third-order valence-corrected chi connectivity index (χ3v) is 7.53. The number of hydrogen-bond acceptors (Lipinski definition) is 5. The van der Waals surface area contributed by atoms with Crippen LogP contribution in [0.2, 0.25) is 5.02 Å². The van der Waals surface area contributed by atoms with Crippen molar-refractivity contribution in [2.45, 2.75) is 44.7 Å². The zero-order valence-corrected chi connectivity index (χ0v) is 20.5. The third-order valence-electron chi connectivity index (χ3n) is 7.22. The topological polar surface area (TPSA) is 58.5 Å². The molecule has 1 aromatic carbocycles. The highest BCUT2D eigenvalue weighted by molar-refractivity contribution is 6.32. The Morgan fingerprint density at radius 1 is 1.24 bits per heavy atom. The van der Waals surface area contributed by atoms with E-state index in [2.05, 4.69) is 20.9 Å². The van der Waals surface area contributed by atoms with Gasteiger partial charge in [-0.1, -0.05) is 17.7 Å². The summed E-state index contributed by atoms with van der Waals surface area (Å²) in [4.78, 5) is 11.0. The maximum atomic E-state index is 15.6. The van der Waals surface area contributed by atoms with Gasteiger partial charge in [-0.25, -0.2) is 4.39 Å². The van der Waals surface area contributed by atoms with Gasteiger partial charge in [0.2, 0.25) is 0 Å². The van der Waals surface area contributed by atoms with Gasteiger partial charge in [0.15, 0.2) is 0 Å². The number of hydrogen-bond donors (Lipinski definition) is 1. The standard InChI is InChI=1S/C27H33ClFN3O2/c1-34-21-6-7-25-22(16-21)26(23(28)18-31-25)24(29)8-9-27(19-33)10-14-32(15-11-27)13-3-5-20-4-2-12-30-17-20/h2,4,6-7,12,16-18,24,33H,3,5,8-11,13-15,19H2,1H3. The van der Waals surface area contributed by atoms with Gasteiger partial charge in [-0.15, -0.1) is 0 Å². The number of pyridine rings is 2. The normalized spacial score (nSPS) is 17.1. The first-order chi connectivity index (χ1) is 16.5. The molecule has 1 fully saturated rings. The number of likely N-dealkylation sites (tertiary alicyclic amines) is 1. The summed E-state index contributed by atoms with van der Waals surface area (Å²) in [7, 11) is 1.59. The van der Waals surface area contributed by atoms with E-state index >= 15 is 4.39 Å². The third kappa shape index (κ3) is 5.85. The average molecular weight is 486 g/mol. The zero-order valence-electron chi connectivity index (χ0n) is 19.7. The van der Waals surface area contributed by atoms with Gasteiger partial charge < -0.3 is 14.7 Å². The van der Waals surface area contributed by atoms with Crippen LogP contribution in [-0.4, -0.2) is 53.3 Å². The van der Waals surface area contributed by atoms with Crippen molar-refractivity contribution in [3.8, 4) is 5.75 Å². The summed E-state index contributed by atoms with van der Waals surface area (Å²) in [5.41, 5.74) is 2.18. The van der Waals surface area contributed by atoms with Gasteiger partial charge in [0.25, 0.3) is 0 Å². The minimum absolute atomic E-state index is 0.0852. The lowest BCUT2D eigenvalue weighted by Gasteiger charge is -2.41. The Balaban J connectivity index is 1.34. The van der Waals surface area contributed by atoms with Gasteiger partial charge >= 0.3 is 0 Å². The number of nitrogens with zero attached hydrogens (tertiary/aromatic N) is 3. The van der Waals surface area contributed by atoms with E-state index < -0.39 is 6.17 Å². The molecule has 1 unspecified atom stereocenters. The Morgan fingerprint density at radius 3 is 2.76 bits per heavy atom. The van der Waals surface area contributed by atoms with Crippen LogP contribution in [0, 0.1) is 5.41 Å². The summed E-state index contributed by atoms with van der Waals surface area (Å²) >= 11 is 6.39. The molecule has 4 rings (SSSR count). The molecule has 1 N–H and O–H groups in total. The van der Waals surface area contributed by atoms with E-state index in [0.717, 1.165) is 45.3 Å². The van der Waals surface area contributed by atoms with Gasteiger partial charge in [0, 0.05) is 36.1 Å². The SMILES string of the molecule is COc1ccc2ncc(Cl)c(C(F)CCC3(CO)CCN(CCCc4cccnc4)CC3)c2c1. The number of aliphatic hydroxyl groups excluding tert-OH is 1. The number of benzene rings is 1. The van der Waals surface area contributed by atoms with Crippen LogP contribution in [0.5, 0.6) is 5.75 Å². The molecule has 3 heterocycles. The average Bonchev–Trinajstić information content (AvgIpc) is 2.88. The highest BCUT2D eigenvalue weighted by atomic mass is 35.5. The largest absolute Gasteiger partial charge is 0.497 e. The highest BCUT2D eigenvalue weighted by Gasteiger charge is 2.35. The summed E-state index contributed by atoms with van der Waals surface area (Å²) < 4.78 is 20.9. The predicted octanol–water partition coefficient (Wildman–Crippen LogP) is 5.79. The fourth-order valence-corrected chi connectivity index (χ4v) is 5.25. The number of methoxy groups -OCH3 is 1. The fraction of sp³-hybridized carbons (Fsp3) is 0.481.